The zero-order chi connectivity index (χ0) is 11.0. The highest BCUT2D eigenvalue weighted by molar-refractivity contribution is 7.14. The van der Waals surface area contributed by atoms with Crippen molar-refractivity contribution in [1.29, 1.82) is 0 Å². The van der Waals surface area contributed by atoms with Crippen LogP contribution < -0.4 is 0 Å². The molecular weight excluding hydrogens is 208 g/mol. The maximum Gasteiger partial charge on any atom is 0.223 e. The lowest BCUT2D eigenvalue weighted by Gasteiger charge is -1.91. The fraction of sp³-hybridized carbons (Fsp3) is 0.273. The van der Waals surface area contributed by atoms with Crippen molar-refractivity contribution < 1.29 is 4.79 Å². The molecule has 0 atom stereocenters. The van der Waals surface area contributed by atoms with Crippen molar-refractivity contribution in [2.24, 2.45) is 7.05 Å². The Morgan fingerprint density at radius 2 is 2.20 bits per heavy atom. The minimum atomic E-state index is 0.0109. The van der Waals surface area contributed by atoms with Gasteiger partial charge in [-0.1, -0.05) is 0 Å². The SMILES string of the molecule is Cc1cc(C(=O)c2ccn(C)n2)sc1C. The second kappa shape index (κ2) is 3.62. The maximum absolute atomic E-state index is 12.0. The van der Waals surface area contributed by atoms with E-state index in [2.05, 4.69) is 5.10 Å². The van der Waals surface area contributed by atoms with Crippen LogP contribution in [-0.2, 0) is 7.05 Å². The van der Waals surface area contributed by atoms with Crippen LogP contribution in [0.3, 0.4) is 0 Å². The number of rotatable bonds is 2. The summed E-state index contributed by atoms with van der Waals surface area (Å²) >= 11 is 1.53. The van der Waals surface area contributed by atoms with Crippen LogP contribution in [0.15, 0.2) is 18.3 Å². The predicted octanol–water partition coefficient (Wildman–Crippen LogP) is 2.33. The molecule has 0 bridgehead atoms. The van der Waals surface area contributed by atoms with Gasteiger partial charge in [0, 0.05) is 18.1 Å². The minimum absolute atomic E-state index is 0.0109. The standard InChI is InChI=1S/C11H12N2OS/c1-7-6-10(15-8(7)2)11(14)9-4-5-13(3)12-9/h4-6H,1-3H3. The van der Waals surface area contributed by atoms with Gasteiger partial charge in [-0.2, -0.15) is 5.10 Å². The molecule has 0 radical (unpaired) electrons. The van der Waals surface area contributed by atoms with Crippen molar-refractivity contribution in [3.05, 3.63) is 39.3 Å². The van der Waals surface area contributed by atoms with E-state index in [1.54, 1.807) is 16.9 Å². The first-order valence-electron chi connectivity index (χ1n) is 4.69. The number of hydrogen-bond donors (Lipinski definition) is 0. The Hall–Kier alpha value is -1.42. The van der Waals surface area contributed by atoms with E-state index in [1.807, 2.05) is 27.0 Å². The summed E-state index contributed by atoms with van der Waals surface area (Å²) in [6, 6.07) is 3.67. The molecule has 0 aliphatic carbocycles. The number of carbonyl (C=O) groups excluding carboxylic acids is 1. The first kappa shape index (κ1) is 10.1. The third-order valence-electron chi connectivity index (χ3n) is 2.34. The molecule has 0 aliphatic rings. The van der Waals surface area contributed by atoms with Gasteiger partial charge in [-0.05, 0) is 31.5 Å². The van der Waals surface area contributed by atoms with Crippen LogP contribution in [0.25, 0.3) is 0 Å². The van der Waals surface area contributed by atoms with Crippen LogP contribution in [0.4, 0.5) is 0 Å². The van der Waals surface area contributed by atoms with Crippen molar-refractivity contribution >= 4 is 17.1 Å². The van der Waals surface area contributed by atoms with E-state index in [9.17, 15) is 4.79 Å². The maximum atomic E-state index is 12.0. The summed E-state index contributed by atoms with van der Waals surface area (Å²) in [5.41, 5.74) is 1.68. The Kier molecular flexibility index (Phi) is 2.44. The van der Waals surface area contributed by atoms with Crippen LogP contribution in [0.1, 0.15) is 25.8 Å². The summed E-state index contributed by atoms with van der Waals surface area (Å²) < 4.78 is 1.64. The summed E-state index contributed by atoms with van der Waals surface area (Å²) in [6.45, 7) is 4.04. The number of nitrogens with zero attached hydrogens (tertiary/aromatic N) is 2. The second-order valence-corrected chi connectivity index (χ2v) is 4.81. The molecule has 0 unspecified atom stereocenters. The van der Waals surface area contributed by atoms with Gasteiger partial charge in [-0.25, -0.2) is 0 Å². The Morgan fingerprint density at radius 1 is 1.47 bits per heavy atom. The summed E-state index contributed by atoms with van der Waals surface area (Å²) in [7, 11) is 1.81. The van der Waals surface area contributed by atoms with E-state index >= 15 is 0 Å². The first-order valence-corrected chi connectivity index (χ1v) is 5.51. The molecule has 0 fully saturated rings. The van der Waals surface area contributed by atoms with Crippen LogP contribution in [0, 0.1) is 13.8 Å². The molecular formula is C11H12N2OS. The van der Waals surface area contributed by atoms with Gasteiger partial charge in [0.1, 0.15) is 5.69 Å². The van der Waals surface area contributed by atoms with Crippen LogP contribution in [0.5, 0.6) is 0 Å². The smallest absolute Gasteiger partial charge is 0.223 e. The lowest BCUT2D eigenvalue weighted by atomic mass is 10.2. The number of carbonyl (C=O) groups is 1. The van der Waals surface area contributed by atoms with Crippen molar-refractivity contribution in [3.8, 4) is 0 Å². The fourth-order valence-electron chi connectivity index (χ4n) is 1.35. The highest BCUT2D eigenvalue weighted by Gasteiger charge is 2.14. The lowest BCUT2D eigenvalue weighted by molar-refractivity contribution is 0.103. The zero-order valence-corrected chi connectivity index (χ0v) is 9.76. The highest BCUT2D eigenvalue weighted by atomic mass is 32.1. The van der Waals surface area contributed by atoms with Gasteiger partial charge in [-0.3, -0.25) is 9.48 Å². The number of ketones is 1. The number of aryl methyl sites for hydroxylation is 3. The quantitative estimate of drug-likeness (QED) is 0.728. The molecule has 0 aliphatic heterocycles. The molecule has 4 heteroatoms. The Bertz CT molecular complexity index is 491. The zero-order valence-electron chi connectivity index (χ0n) is 8.94. The number of hydrogen-bond acceptors (Lipinski definition) is 3. The predicted molar refractivity (Wildman–Crippen MR) is 60.4 cm³/mol. The molecule has 78 valence electrons. The topological polar surface area (TPSA) is 34.9 Å². The van der Waals surface area contributed by atoms with E-state index in [4.69, 9.17) is 0 Å². The van der Waals surface area contributed by atoms with Crippen molar-refractivity contribution in [2.45, 2.75) is 13.8 Å². The molecule has 3 nitrogen and oxygen atoms in total. The molecule has 0 amide bonds. The molecule has 15 heavy (non-hydrogen) atoms. The molecule has 0 aromatic carbocycles. The van der Waals surface area contributed by atoms with Crippen molar-refractivity contribution in [2.75, 3.05) is 0 Å². The van der Waals surface area contributed by atoms with E-state index in [0.717, 1.165) is 4.88 Å². The summed E-state index contributed by atoms with van der Waals surface area (Å²) in [5, 5.41) is 4.10. The van der Waals surface area contributed by atoms with Gasteiger partial charge in [0.05, 0.1) is 4.88 Å². The Labute approximate surface area is 92.4 Å². The van der Waals surface area contributed by atoms with Gasteiger partial charge in [0.15, 0.2) is 0 Å². The summed E-state index contributed by atoms with van der Waals surface area (Å²) in [5.74, 6) is 0.0109. The molecule has 2 aromatic rings. The average Bonchev–Trinajstić information content (AvgIpc) is 2.74. The first-order chi connectivity index (χ1) is 7.08. The van der Waals surface area contributed by atoms with Crippen LogP contribution in [0.2, 0.25) is 0 Å². The second-order valence-electron chi connectivity index (χ2n) is 3.55. The minimum Gasteiger partial charge on any atom is -0.286 e. The number of thiophene rings is 1. The van der Waals surface area contributed by atoms with Crippen LogP contribution >= 0.6 is 11.3 Å². The largest absolute Gasteiger partial charge is 0.286 e. The average molecular weight is 220 g/mol. The summed E-state index contributed by atoms with van der Waals surface area (Å²) in [6.07, 6.45) is 1.78. The van der Waals surface area contributed by atoms with Gasteiger partial charge in [0.2, 0.25) is 5.78 Å². The molecule has 2 aromatic heterocycles. The molecule has 0 N–H and O–H groups in total. The Morgan fingerprint density at radius 3 is 2.67 bits per heavy atom. The van der Waals surface area contributed by atoms with E-state index in [1.165, 1.54) is 21.8 Å². The van der Waals surface area contributed by atoms with Gasteiger partial charge >= 0.3 is 0 Å². The van der Waals surface area contributed by atoms with Gasteiger partial charge in [0.25, 0.3) is 0 Å². The molecule has 0 saturated carbocycles. The van der Waals surface area contributed by atoms with Crippen molar-refractivity contribution in [1.82, 2.24) is 9.78 Å². The number of aromatic nitrogens is 2. The van der Waals surface area contributed by atoms with Gasteiger partial charge < -0.3 is 0 Å². The van der Waals surface area contributed by atoms with E-state index < -0.39 is 0 Å². The molecule has 2 heterocycles. The third-order valence-corrected chi connectivity index (χ3v) is 3.49. The van der Waals surface area contributed by atoms with E-state index in [0.29, 0.717) is 5.69 Å². The van der Waals surface area contributed by atoms with Crippen LogP contribution in [-0.4, -0.2) is 15.6 Å². The van der Waals surface area contributed by atoms with E-state index in [-0.39, 0.29) is 5.78 Å². The Balaban J connectivity index is 2.36. The molecule has 2 rings (SSSR count). The van der Waals surface area contributed by atoms with Crippen molar-refractivity contribution in [3.63, 3.8) is 0 Å². The fourth-order valence-corrected chi connectivity index (χ4v) is 2.33. The lowest BCUT2D eigenvalue weighted by Crippen LogP contribution is -2.00. The molecule has 0 saturated heterocycles. The summed E-state index contributed by atoms with van der Waals surface area (Å²) in [4.78, 5) is 13.9. The highest BCUT2D eigenvalue weighted by Crippen LogP contribution is 2.22. The monoisotopic (exact) mass is 220 g/mol. The molecule has 0 spiro atoms. The normalized spacial score (nSPS) is 10.6. The van der Waals surface area contributed by atoms with Gasteiger partial charge in [-0.15, -0.1) is 11.3 Å². The third kappa shape index (κ3) is 1.85.